The van der Waals surface area contributed by atoms with Crippen molar-refractivity contribution >= 4 is 34.9 Å². The summed E-state index contributed by atoms with van der Waals surface area (Å²) in [6, 6.07) is 12.2. The first kappa shape index (κ1) is 17.8. The molecule has 0 atom stereocenters. The molecular weight excluding hydrogens is 326 g/mol. The van der Waals surface area contributed by atoms with Crippen LogP contribution in [-0.4, -0.2) is 30.4 Å². The van der Waals surface area contributed by atoms with E-state index in [4.69, 9.17) is 11.6 Å². The maximum absolute atomic E-state index is 12.2. The lowest BCUT2D eigenvalue weighted by atomic mass is 10.1. The molecule has 2 aromatic rings. The van der Waals surface area contributed by atoms with Crippen molar-refractivity contribution in [2.75, 3.05) is 24.2 Å². The van der Waals surface area contributed by atoms with Gasteiger partial charge in [0.05, 0.1) is 0 Å². The molecule has 6 heteroatoms. The van der Waals surface area contributed by atoms with E-state index in [1.165, 1.54) is 4.90 Å². The number of rotatable bonds is 4. The summed E-state index contributed by atoms with van der Waals surface area (Å²) in [6.45, 7) is 3.80. The summed E-state index contributed by atoms with van der Waals surface area (Å²) in [5.41, 5.74) is 3.32. The van der Waals surface area contributed by atoms with Gasteiger partial charge in [0.25, 0.3) is 0 Å². The van der Waals surface area contributed by atoms with Gasteiger partial charge < -0.3 is 15.5 Å². The van der Waals surface area contributed by atoms with Crippen LogP contribution in [0.4, 0.5) is 16.2 Å². The van der Waals surface area contributed by atoms with Crippen molar-refractivity contribution in [3.63, 3.8) is 0 Å². The Morgan fingerprint density at radius 1 is 1.04 bits per heavy atom. The molecule has 0 radical (unpaired) electrons. The fraction of sp³-hybridized carbons (Fsp3) is 0.222. The van der Waals surface area contributed by atoms with E-state index in [9.17, 15) is 9.59 Å². The molecule has 2 aromatic carbocycles. The first-order valence-corrected chi connectivity index (χ1v) is 7.88. The molecule has 0 spiro atoms. The van der Waals surface area contributed by atoms with Gasteiger partial charge >= 0.3 is 6.03 Å². The van der Waals surface area contributed by atoms with Crippen molar-refractivity contribution < 1.29 is 9.59 Å². The molecule has 0 saturated heterocycles. The number of amides is 3. The van der Waals surface area contributed by atoms with Gasteiger partial charge in [-0.3, -0.25) is 4.79 Å². The van der Waals surface area contributed by atoms with Crippen LogP contribution < -0.4 is 10.6 Å². The zero-order valence-electron chi connectivity index (χ0n) is 13.9. The van der Waals surface area contributed by atoms with Crippen LogP contribution >= 0.6 is 11.6 Å². The molecule has 126 valence electrons. The number of aryl methyl sites for hydroxylation is 2. The van der Waals surface area contributed by atoms with Crippen LogP contribution in [0.1, 0.15) is 11.1 Å². The largest absolute Gasteiger partial charge is 0.324 e. The number of nitrogens with one attached hydrogen (secondary N) is 2. The molecule has 2 N–H and O–H groups in total. The third-order valence-corrected chi connectivity index (χ3v) is 3.78. The molecule has 0 aromatic heterocycles. The van der Waals surface area contributed by atoms with E-state index in [-0.39, 0.29) is 18.5 Å². The van der Waals surface area contributed by atoms with E-state index >= 15 is 0 Å². The fourth-order valence-electron chi connectivity index (χ4n) is 2.26. The van der Waals surface area contributed by atoms with Crippen LogP contribution in [0.3, 0.4) is 0 Å². The Morgan fingerprint density at radius 2 is 1.67 bits per heavy atom. The second kappa shape index (κ2) is 7.84. The highest BCUT2D eigenvalue weighted by atomic mass is 35.5. The van der Waals surface area contributed by atoms with Gasteiger partial charge in [0.2, 0.25) is 5.91 Å². The number of benzene rings is 2. The van der Waals surface area contributed by atoms with Crippen molar-refractivity contribution in [2.45, 2.75) is 13.8 Å². The number of likely N-dealkylation sites (N-methyl/N-ethyl adjacent to an activating group) is 1. The molecule has 0 aliphatic heterocycles. The van der Waals surface area contributed by atoms with E-state index < -0.39 is 0 Å². The average Bonchev–Trinajstić information content (AvgIpc) is 2.51. The molecule has 0 fully saturated rings. The average molecular weight is 346 g/mol. The highest BCUT2D eigenvalue weighted by Gasteiger charge is 2.14. The topological polar surface area (TPSA) is 61.4 Å². The van der Waals surface area contributed by atoms with Gasteiger partial charge in [-0.05, 0) is 43.2 Å². The number of hydrogen-bond acceptors (Lipinski definition) is 2. The molecular formula is C18H20ClN3O2. The Kier molecular flexibility index (Phi) is 5.82. The highest BCUT2D eigenvalue weighted by Crippen LogP contribution is 2.19. The lowest BCUT2D eigenvalue weighted by Gasteiger charge is -2.18. The first-order chi connectivity index (χ1) is 11.4. The minimum absolute atomic E-state index is 0.0554. The van der Waals surface area contributed by atoms with Gasteiger partial charge in [0.15, 0.2) is 0 Å². The number of nitrogens with zero attached hydrogens (tertiary/aromatic N) is 1. The molecule has 0 bridgehead atoms. The normalized spacial score (nSPS) is 10.2. The lowest BCUT2D eigenvalue weighted by Crippen LogP contribution is -2.37. The monoisotopic (exact) mass is 345 g/mol. The van der Waals surface area contributed by atoms with Crippen molar-refractivity contribution in [2.24, 2.45) is 0 Å². The van der Waals surface area contributed by atoms with Crippen LogP contribution in [0.25, 0.3) is 0 Å². The van der Waals surface area contributed by atoms with Gasteiger partial charge in [-0.15, -0.1) is 0 Å². The van der Waals surface area contributed by atoms with Crippen LogP contribution in [-0.2, 0) is 4.79 Å². The van der Waals surface area contributed by atoms with Gasteiger partial charge in [-0.25, -0.2) is 4.79 Å². The predicted molar refractivity (Wildman–Crippen MR) is 97.6 cm³/mol. The zero-order valence-corrected chi connectivity index (χ0v) is 14.6. The zero-order chi connectivity index (χ0) is 17.7. The minimum atomic E-state index is -0.381. The van der Waals surface area contributed by atoms with Crippen molar-refractivity contribution in [3.8, 4) is 0 Å². The van der Waals surface area contributed by atoms with Gasteiger partial charge in [-0.1, -0.05) is 35.9 Å². The lowest BCUT2D eigenvalue weighted by molar-refractivity contribution is -0.116. The maximum Gasteiger partial charge on any atom is 0.322 e. The molecule has 3 amide bonds. The van der Waals surface area contributed by atoms with Crippen molar-refractivity contribution in [3.05, 3.63) is 58.6 Å². The minimum Gasteiger partial charge on any atom is -0.324 e. The van der Waals surface area contributed by atoms with E-state index in [0.29, 0.717) is 10.7 Å². The predicted octanol–water partition coefficient (Wildman–Crippen LogP) is 4.06. The number of hydrogen-bond donors (Lipinski definition) is 2. The quantitative estimate of drug-likeness (QED) is 0.877. The summed E-state index contributed by atoms with van der Waals surface area (Å²) in [7, 11) is 1.56. The number of anilines is 2. The number of para-hydroxylation sites is 1. The Hall–Kier alpha value is -2.53. The SMILES string of the molecule is Cc1cccc(C)c1NC(=O)CN(C)C(=O)Nc1cccc(Cl)c1. The van der Waals surface area contributed by atoms with Crippen LogP contribution in [0.15, 0.2) is 42.5 Å². The van der Waals surface area contributed by atoms with Crippen LogP contribution in [0.2, 0.25) is 5.02 Å². The smallest absolute Gasteiger partial charge is 0.322 e. The molecule has 5 nitrogen and oxygen atoms in total. The summed E-state index contributed by atoms with van der Waals surface area (Å²) in [6.07, 6.45) is 0. The standard InChI is InChI=1S/C18H20ClN3O2/c1-12-6-4-7-13(2)17(12)21-16(23)11-22(3)18(24)20-15-9-5-8-14(19)10-15/h4-10H,11H2,1-3H3,(H,20,24)(H,21,23). The van der Waals surface area contributed by atoms with Gasteiger partial charge in [0, 0.05) is 23.4 Å². The molecule has 2 rings (SSSR count). The first-order valence-electron chi connectivity index (χ1n) is 7.50. The Labute approximate surface area is 146 Å². The molecule has 0 aliphatic carbocycles. The van der Waals surface area contributed by atoms with Gasteiger partial charge in [-0.2, -0.15) is 0 Å². The summed E-state index contributed by atoms with van der Waals surface area (Å²) < 4.78 is 0. The summed E-state index contributed by atoms with van der Waals surface area (Å²) in [5, 5.41) is 6.08. The molecule has 0 saturated carbocycles. The third-order valence-electron chi connectivity index (χ3n) is 3.55. The molecule has 24 heavy (non-hydrogen) atoms. The van der Waals surface area contributed by atoms with Crippen molar-refractivity contribution in [1.29, 1.82) is 0 Å². The van der Waals surface area contributed by atoms with Crippen LogP contribution in [0.5, 0.6) is 0 Å². The summed E-state index contributed by atoms with van der Waals surface area (Å²) in [5.74, 6) is -0.254. The van der Waals surface area contributed by atoms with Crippen LogP contribution in [0, 0.1) is 13.8 Å². The molecule has 0 aliphatic rings. The Morgan fingerprint density at radius 3 is 2.29 bits per heavy atom. The maximum atomic E-state index is 12.2. The number of urea groups is 1. The van der Waals surface area contributed by atoms with E-state index in [0.717, 1.165) is 16.8 Å². The molecule has 0 unspecified atom stereocenters. The summed E-state index contributed by atoms with van der Waals surface area (Å²) in [4.78, 5) is 25.6. The van der Waals surface area contributed by atoms with E-state index in [2.05, 4.69) is 10.6 Å². The summed E-state index contributed by atoms with van der Waals surface area (Å²) >= 11 is 5.88. The van der Waals surface area contributed by atoms with E-state index in [1.807, 2.05) is 32.0 Å². The Bertz CT molecular complexity index is 741. The number of halogens is 1. The Balaban J connectivity index is 1.94. The molecule has 0 heterocycles. The highest BCUT2D eigenvalue weighted by molar-refractivity contribution is 6.30. The second-order valence-electron chi connectivity index (χ2n) is 5.61. The number of carbonyl (C=O) groups is 2. The van der Waals surface area contributed by atoms with Crippen molar-refractivity contribution in [1.82, 2.24) is 4.90 Å². The third kappa shape index (κ3) is 4.73. The van der Waals surface area contributed by atoms with E-state index in [1.54, 1.807) is 31.3 Å². The number of carbonyl (C=O) groups excluding carboxylic acids is 2. The van der Waals surface area contributed by atoms with Gasteiger partial charge in [0.1, 0.15) is 6.54 Å². The fourth-order valence-corrected chi connectivity index (χ4v) is 2.45. The second-order valence-corrected chi connectivity index (χ2v) is 6.05.